The number of amides is 1. The van der Waals surface area contributed by atoms with Crippen LogP contribution in [-0.4, -0.2) is 57.6 Å². The molecule has 4 N–H and O–H groups in total. The van der Waals surface area contributed by atoms with Gasteiger partial charge in [-0.15, -0.1) is 12.6 Å². The van der Waals surface area contributed by atoms with E-state index in [0.717, 1.165) is 0 Å². The molecular weight excluding hydrogens is 246 g/mol. The van der Waals surface area contributed by atoms with Crippen molar-refractivity contribution in [3.8, 4) is 0 Å². The van der Waals surface area contributed by atoms with Crippen LogP contribution in [0.1, 0.15) is 19.8 Å². The predicted octanol–water partition coefficient (Wildman–Crippen LogP) is -1.36. The molecule has 6 nitrogen and oxygen atoms in total. The zero-order valence-corrected chi connectivity index (χ0v) is 10.5. The minimum Gasteiger partial charge on any atom is -0.394 e. The van der Waals surface area contributed by atoms with Gasteiger partial charge < -0.3 is 25.4 Å². The number of thiol groups is 1. The van der Waals surface area contributed by atoms with E-state index < -0.39 is 36.4 Å². The molecule has 0 spiro atoms. The molecule has 17 heavy (non-hydrogen) atoms. The zero-order valence-electron chi connectivity index (χ0n) is 9.61. The largest absolute Gasteiger partial charge is 0.394 e. The smallest absolute Gasteiger partial charge is 0.220 e. The second-order valence-corrected chi connectivity index (χ2v) is 4.58. The molecule has 0 radical (unpaired) electrons. The summed E-state index contributed by atoms with van der Waals surface area (Å²) >= 11 is 4.09. The number of aliphatic hydroxyl groups is 3. The van der Waals surface area contributed by atoms with E-state index in [4.69, 9.17) is 9.84 Å². The van der Waals surface area contributed by atoms with Crippen molar-refractivity contribution in [2.45, 2.75) is 49.6 Å². The zero-order chi connectivity index (χ0) is 13.0. The van der Waals surface area contributed by atoms with Crippen LogP contribution in [0.3, 0.4) is 0 Å². The Kier molecular flexibility index (Phi) is 5.68. The SMILES string of the molecule is CCCC(=O)N[C@H]1[C@@H](O)[C@H](O)[C@@H](CO)O[C@H]1S. The van der Waals surface area contributed by atoms with Gasteiger partial charge in [0.25, 0.3) is 0 Å². The Labute approximate surface area is 105 Å². The first-order valence-electron chi connectivity index (χ1n) is 5.61. The van der Waals surface area contributed by atoms with Crippen LogP contribution in [0.4, 0.5) is 0 Å². The molecule has 7 heteroatoms. The molecule has 0 aliphatic carbocycles. The Morgan fingerprint density at radius 2 is 2.06 bits per heavy atom. The lowest BCUT2D eigenvalue weighted by molar-refractivity contribution is -0.173. The highest BCUT2D eigenvalue weighted by atomic mass is 32.1. The van der Waals surface area contributed by atoms with Gasteiger partial charge in [0.15, 0.2) is 0 Å². The van der Waals surface area contributed by atoms with Gasteiger partial charge in [-0.3, -0.25) is 4.79 Å². The summed E-state index contributed by atoms with van der Waals surface area (Å²) < 4.78 is 5.20. The van der Waals surface area contributed by atoms with Crippen molar-refractivity contribution in [1.82, 2.24) is 5.32 Å². The highest BCUT2D eigenvalue weighted by molar-refractivity contribution is 7.80. The topological polar surface area (TPSA) is 99.0 Å². The third-order valence-corrected chi connectivity index (χ3v) is 3.15. The van der Waals surface area contributed by atoms with Gasteiger partial charge in [0, 0.05) is 6.42 Å². The number of hydrogen-bond acceptors (Lipinski definition) is 6. The summed E-state index contributed by atoms with van der Waals surface area (Å²) in [6.07, 6.45) is -2.30. The first-order chi connectivity index (χ1) is 8.01. The summed E-state index contributed by atoms with van der Waals surface area (Å²) in [6, 6.07) is -0.782. The second kappa shape index (κ2) is 6.55. The first kappa shape index (κ1) is 14.7. The van der Waals surface area contributed by atoms with Crippen molar-refractivity contribution in [2.24, 2.45) is 0 Å². The lowest BCUT2D eigenvalue weighted by Gasteiger charge is -2.40. The molecular formula is C10H19NO5S. The van der Waals surface area contributed by atoms with E-state index in [1.165, 1.54) is 0 Å². The van der Waals surface area contributed by atoms with Crippen molar-refractivity contribution in [3.63, 3.8) is 0 Å². The fourth-order valence-electron chi connectivity index (χ4n) is 1.74. The van der Waals surface area contributed by atoms with Crippen molar-refractivity contribution < 1.29 is 24.9 Å². The molecule has 100 valence electrons. The van der Waals surface area contributed by atoms with Gasteiger partial charge in [-0.2, -0.15) is 0 Å². The van der Waals surface area contributed by atoms with Crippen LogP contribution >= 0.6 is 12.6 Å². The third kappa shape index (κ3) is 3.56. The molecule has 5 atom stereocenters. The average molecular weight is 265 g/mol. The average Bonchev–Trinajstić information content (AvgIpc) is 2.29. The fourth-order valence-corrected chi connectivity index (χ4v) is 2.15. The lowest BCUT2D eigenvalue weighted by atomic mass is 9.98. The molecule has 0 aromatic carbocycles. The summed E-state index contributed by atoms with van der Waals surface area (Å²) in [4.78, 5) is 11.4. The molecule has 1 amide bonds. The van der Waals surface area contributed by atoms with Crippen molar-refractivity contribution in [1.29, 1.82) is 0 Å². The molecule has 1 heterocycles. The Hall–Kier alpha value is -0.340. The predicted molar refractivity (Wildman–Crippen MR) is 63.6 cm³/mol. The quantitative estimate of drug-likeness (QED) is 0.404. The summed E-state index contributed by atoms with van der Waals surface area (Å²) in [6.45, 7) is 1.45. The maximum absolute atomic E-state index is 11.4. The number of ether oxygens (including phenoxy) is 1. The Bertz CT molecular complexity index is 265. The molecule has 0 unspecified atom stereocenters. The maximum Gasteiger partial charge on any atom is 0.220 e. The molecule has 0 bridgehead atoms. The van der Waals surface area contributed by atoms with Crippen LogP contribution in [-0.2, 0) is 9.53 Å². The Morgan fingerprint density at radius 1 is 1.41 bits per heavy atom. The van der Waals surface area contributed by atoms with Crippen molar-refractivity contribution in [2.75, 3.05) is 6.61 Å². The number of carbonyl (C=O) groups excluding carboxylic acids is 1. The first-order valence-corrected chi connectivity index (χ1v) is 6.12. The molecule has 0 aromatic rings. The molecule has 1 rings (SSSR count). The van der Waals surface area contributed by atoms with Crippen molar-refractivity contribution >= 4 is 18.5 Å². The normalized spacial score (nSPS) is 37.8. The molecule has 1 saturated heterocycles. The van der Waals surface area contributed by atoms with Crippen LogP contribution in [0, 0.1) is 0 Å². The number of rotatable bonds is 4. The van der Waals surface area contributed by atoms with Gasteiger partial charge in [-0.1, -0.05) is 6.92 Å². The molecule has 1 fully saturated rings. The van der Waals surface area contributed by atoms with Gasteiger partial charge in [-0.25, -0.2) is 0 Å². The van der Waals surface area contributed by atoms with E-state index >= 15 is 0 Å². The number of carbonyl (C=O) groups is 1. The van der Waals surface area contributed by atoms with Gasteiger partial charge in [0.1, 0.15) is 23.7 Å². The van der Waals surface area contributed by atoms with Gasteiger partial charge >= 0.3 is 0 Å². The summed E-state index contributed by atoms with van der Waals surface area (Å²) in [5.74, 6) is -0.228. The van der Waals surface area contributed by atoms with E-state index in [2.05, 4.69) is 17.9 Å². The van der Waals surface area contributed by atoms with Crippen LogP contribution in [0.25, 0.3) is 0 Å². The van der Waals surface area contributed by atoms with Gasteiger partial charge in [0.05, 0.1) is 12.6 Å². The minimum absolute atomic E-state index is 0.228. The highest BCUT2D eigenvalue weighted by Gasteiger charge is 2.43. The van der Waals surface area contributed by atoms with Crippen LogP contribution in [0.5, 0.6) is 0 Å². The number of nitrogens with one attached hydrogen (secondary N) is 1. The van der Waals surface area contributed by atoms with Crippen molar-refractivity contribution in [3.05, 3.63) is 0 Å². The number of aliphatic hydroxyl groups excluding tert-OH is 3. The Balaban J connectivity index is 2.63. The number of hydrogen-bond donors (Lipinski definition) is 5. The van der Waals surface area contributed by atoms with E-state index in [-0.39, 0.29) is 5.91 Å². The summed E-state index contributed by atoms with van der Waals surface area (Å²) in [5, 5.41) is 31.0. The van der Waals surface area contributed by atoms with Crippen LogP contribution in [0.15, 0.2) is 0 Å². The minimum atomic E-state index is -1.24. The lowest BCUT2D eigenvalue weighted by Crippen LogP contribution is -2.62. The molecule has 0 aromatic heterocycles. The maximum atomic E-state index is 11.4. The van der Waals surface area contributed by atoms with Crippen LogP contribution in [0.2, 0.25) is 0 Å². The standard InChI is InChI=1S/C10H19NO5S/c1-2-3-6(13)11-7-9(15)8(14)5(4-12)16-10(7)17/h5,7-10,12,14-15,17H,2-4H2,1H3,(H,11,13)/t5-,7+,8-,9-,10+/m1/s1. The summed E-state index contributed by atoms with van der Waals surface area (Å²) in [5.41, 5.74) is -0.758. The monoisotopic (exact) mass is 265 g/mol. The fraction of sp³-hybridized carbons (Fsp3) is 0.900. The summed E-state index contributed by atoms with van der Waals surface area (Å²) in [7, 11) is 0. The van der Waals surface area contributed by atoms with Gasteiger partial charge in [-0.05, 0) is 6.42 Å². The molecule has 0 saturated carbocycles. The third-order valence-electron chi connectivity index (χ3n) is 2.70. The van der Waals surface area contributed by atoms with Gasteiger partial charge in [0.2, 0.25) is 5.91 Å². The highest BCUT2D eigenvalue weighted by Crippen LogP contribution is 2.23. The van der Waals surface area contributed by atoms with E-state index in [9.17, 15) is 15.0 Å². The van der Waals surface area contributed by atoms with Crippen LogP contribution < -0.4 is 5.32 Å². The van der Waals surface area contributed by atoms with E-state index in [1.807, 2.05) is 6.92 Å². The van der Waals surface area contributed by atoms with E-state index in [0.29, 0.717) is 12.8 Å². The molecule has 1 aliphatic heterocycles. The Morgan fingerprint density at radius 3 is 2.59 bits per heavy atom. The van der Waals surface area contributed by atoms with E-state index in [1.54, 1.807) is 0 Å². The second-order valence-electron chi connectivity index (χ2n) is 4.07. The molecule has 1 aliphatic rings.